The van der Waals surface area contributed by atoms with Crippen LogP contribution in [0.15, 0.2) is 59.1 Å². The van der Waals surface area contributed by atoms with E-state index in [1.54, 1.807) is 0 Å². The smallest absolute Gasteiger partial charge is 0.212 e. The molecule has 1 aliphatic heterocycles. The molecule has 0 N–H and O–H groups in total. The standard InChI is InChI=1S/C21H23NO/c1-16-18(12-7-11-17-9-5-4-6-10-17)13-8-14-19(16)20-22-21(2,3)15-23-20/h4-6,8-10,13-14,16,18H,12,15H2,1-3H3/t16-,18+/m0/s1. The monoisotopic (exact) mass is 305 g/mol. The average molecular weight is 305 g/mol. The van der Waals surface area contributed by atoms with Crippen molar-refractivity contribution < 1.29 is 4.74 Å². The summed E-state index contributed by atoms with van der Waals surface area (Å²) in [6.45, 7) is 7.11. The Bertz CT molecular complexity index is 713. The zero-order chi connectivity index (χ0) is 16.3. The number of allylic oxidation sites excluding steroid dienone is 3. The Morgan fingerprint density at radius 3 is 2.74 bits per heavy atom. The van der Waals surface area contributed by atoms with Crippen molar-refractivity contribution in [3.63, 3.8) is 0 Å². The van der Waals surface area contributed by atoms with Crippen molar-refractivity contribution in [1.29, 1.82) is 0 Å². The Morgan fingerprint density at radius 1 is 1.26 bits per heavy atom. The summed E-state index contributed by atoms with van der Waals surface area (Å²) in [4.78, 5) is 4.71. The summed E-state index contributed by atoms with van der Waals surface area (Å²) in [7, 11) is 0. The topological polar surface area (TPSA) is 21.6 Å². The Balaban J connectivity index is 1.69. The normalized spacial score (nSPS) is 25.0. The molecule has 1 aromatic rings. The van der Waals surface area contributed by atoms with Crippen LogP contribution in [0.1, 0.15) is 32.8 Å². The van der Waals surface area contributed by atoms with Crippen molar-refractivity contribution in [2.75, 3.05) is 6.61 Å². The molecular weight excluding hydrogens is 282 g/mol. The highest BCUT2D eigenvalue weighted by molar-refractivity contribution is 5.96. The maximum atomic E-state index is 5.81. The maximum Gasteiger partial charge on any atom is 0.212 e. The highest BCUT2D eigenvalue weighted by Crippen LogP contribution is 2.32. The lowest BCUT2D eigenvalue weighted by Gasteiger charge is -2.24. The third-order valence-electron chi connectivity index (χ3n) is 4.32. The predicted molar refractivity (Wildman–Crippen MR) is 95.3 cm³/mol. The lowest BCUT2D eigenvalue weighted by atomic mass is 9.81. The number of hydrogen-bond donors (Lipinski definition) is 0. The van der Waals surface area contributed by atoms with Crippen molar-refractivity contribution in [1.82, 2.24) is 0 Å². The minimum absolute atomic E-state index is 0.111. The van der Waals surface area contributed by atoms with E-state index >= 15 is 0 Å². The van der Waals surface area contributed by atoms with Crippen LogP contribution in [0.3, 0.4) is 0 Å². The van der Waals surface area contributed by atoms with E-state index in [4.69, 9.17) is 9.73 Å². The molecule has 0 spiro atoms. The van der Waals surface area contributed by atoms with E-state index in [2.05, 4.69) is 50.8 Å². The molecular formula is C21H23NO. The largest absolute Gasteiger partial charge is 0.475 e. The number of nitrogens with zero attached hydrogens (tertiary/aromatic N) is 1. The van der Waals surface area contributed by atoms with Crippen molar-refractivity contribution in [3.8, 4) is 11.8 Å². The van der Waals surface area contributed by atoms with Crippen molar-refractivity contribution >= 4 is 5.90 Å². The molecule has 2 nitrogen and oxygen atoms in total. The second kappa shape index (κ2) is 6.46. The van der Waals surface area contributed by atoms with Crippen LogP contribution in [0.25, 0.3) is 0 Å². The summed E-state index contributed by atoms with van der Waals surface area (Å²) >= 11 is 0. The van der Waals surface area contributed by atoms with E-state index in [0.717, 1.165) is 17.9 Å². The minimum Gasteiger partial charge on any atom is -0.475 e. The first-order valence-corrected chi connectivity index (χ1v) is 8.20. The number of ether oxygens (including phenoxy) is 1. The van der Waals surface area contributed by atoms with Crippen molar-refractivity contribution in [3.05, 3.63) is 59.7 Å². The fraction of sp³-hybridized carbons (Fsp3) is 0.381. The van der Waals surface area contributed by atoms with Gasteiger partial charge in [0.1, 0.15) is 6.61 Å². The fourth-order valence-corrected chi connectivity index (χ4v) is 2.89. The van der Waals surface area contributed by atoms with Crippen LogP contribution in [0.5, 0.6) is 0 Å². The number of aliphatic imine (C=N–C) groups is 1. The molecule has 2 heteroatoms. The lowest BCUT2D eigenvalue weighted by Crippen LogP contribution is -2.20. The van der Waals surface area contributed by atoms with Gasteiger partial charge in [0.15, 0.2) is 0 Å². The highest BCUT2D eigenvalue weighted by Gasteiger charge is 2.32. The maximum absolute atomic E-state index is 5.81. The first-order chi connectivity index (χ1) is 11.1. The van der Waals surface area contributed by atoms with Crippen LogP contribution in [-0.4, -0.2) is 18.0 Å². The van der Waals surface area contributed by atoms with Gasteiger partial charge < -0.3 is 4.74 Å². The average Bonchev–Trinajstić information content (AvgIpc) is 2.90. The molecule has 23 heavy (non-hydrogen) atoms. The molecule has 0 aromatic heterocycles. The molecule has 2 aliphatic rings. The summed E-state index contributed by atoms with van der Waals surface area (Å²) in [6, 6.07) is 10.1. The molecule has 0 saturated carbocycles. The SMILES string of the molecule is C[C@@H]1C(C2=NC(C)(C)CO2)=CC=C[C@H]1CC#Cc1ccccc1. The Kier molecular flexibility index (Phi) is 4.39. The molecule has 1 aromatic carbocycles. The molecule has 0 bridgehead atoms. The first kappa shape index (κ1) is 15.6. The predicted octanol–water partition coefficient (Wildman–Crippen LogP) is 4.38. The molecule has 3 rings (SSSR count). The van der Waals surface area contributed by atoms with Gasteiger partial charge in [-0.15, -0.1) is 0 Å². The fourth-order valence-electron chi connectivity index (χ4n) is 2.89. The zero-order valence-electron chi connectivity index (χ0n) is 14.0. The summed E-state index contributed by atoms with van der Waals surface area (Å²) in [5.41, 5.74) is 2.16. The molecule has 2 atom stereocenters. The van der Waals surface area contributed by atoms with Gasteiger partial charge in [0.2, 0.25) is 5.90 Å². The van der Waals surface area contributed by atoms with Crippen molar-refractivity contribution in [2.24, 2.45) is 16.8 Å². The lowest BCUT2D eigenvalue weighted by molar-refractivity contribution is 0.276. The molecule has 0 unspecified atom stereocenters. The minimum atomic E-state index is -0.111. The van der Waals surface area contributed by atoms with Gasteiger partial charge in [-0.2, -0.15) is 0 Å². The van der Waals surface area contributed by atoms with Gasteiger partial charge in [0.05, 0.1) is 5.54 Å². The van der Waals surface area contributed by atoms with E-state index < -0.39 is 0 Å². The molecule has 0 amide bonds. The van der Waals surface area contributed by atoms with Crippen LogP contribution in [0, 0.1) is 23.7 Å². The summed E-state index contributed by atoms with van der Waals surface area (Å²) in [6.07, 6.45) is 7.34. The van der Waals surface area contributed by atoms with E-state index in [1.807, 2.05) is 30.3 Å². The van der Waals surface area contributed by atoms with Gasteiger partial charge in [-0.3, -0.25) is 0 Å². The van der Waals surface area contributed by atoms with Crippen LogP contribution in [0.4, 0.5) is 0 Å². The van der Waals surface area contributed by atoms with Gasteiger partial charge in [0.25, 0.3) is 0 Å². The summed E-state index contributed by atoms with van der Waals surface area (Å²) in [5, 5.41) is 0. The van der Waals surface area contributed by atoms with Crippen LogP contribution in [0.2, 0.25) is 0 Å². The Hall–Kier alpha value is -2.27. The van der Waals surface area contributed by atoms with Gasteiger partial charge in [-0.05, 0) is 37.8 Å². The Morgan fingerprint density at radius 2 is 2.04 bits per heavy atom. The quantitative estimate of drug-likeness (QED) is 0.743. The van der Waals surface area contributed by atoms with Crippen LogP contribution in [-0.2, 0) is 4.74 Å². The van der Waals surface area contributed by atoms with Crippen LogP contribution < -0.4 is 0 Å². The number of benzene rings is 1. The van der Waals surface area contributed by atoms with Gasteiger partial charge >= 0.3 is 0 Å². The summed E-state index contributed by atoms with van der Waals surface area (Å²) in [5.74, 6) is 8.15. The Labute approximate surface area is 139 Å². The molecule has 0 fully saturated rings. The van der Waals surface area contributed by atoms with Crippen LogP contribution >= 0.6 is 0 Å². The molecule has 1 heterocycles. The first-order valence-electron chi connectivity index (χ1n) is 8.20. The van der Waals surface area contributed by atoms with Gasteiger partial charge in [-0.25, -0.2) is 4.99 Å². The van der Waals surface area contributed by atoms with E-state index in [0.29, 0.717) is 18.4 Å². The van der Waals surface area contributed by atoms with Gasteiger partial charge in [-0.1, -0.05) is 55.2 Å². The van der Waals surface area contributed by atoms with Gasteiger partial charge in [0, 0.05) is 17.6 Å². The second-order valence-corrected chi connectivity index (χ2v) is 6.85. The van der Waals surface area contributed by atoms with E-state index in [1.165, 1.54) is 5.57 Å². The van der Waals surface area contributed by atoms with E-state index in [-0.39, 0.29) is 5.54 Å². The van der Waals surface area contributed by atoms with Crippen molar-refractivity contribution in [2.45, 2.75) is 32.7 Å². The molecule has 0 saturated heterocycles. The third kappa shape index (κ3) is 3.74. The number of hydrogen-bond acceptors (Lipinski definition) is 2. The molecule has 0 radical (unpaired) electrons. The molecule has 118 valence electrons. The highest BCUT2D eigenvalue weighted by atomic mass is 16.5. The molecule has 1 aliphatic carbocycles. The van der Waals surface area contributed by atoms with E-state index in [9.17, 15) is 0 Å². The number of rotatable bonds is 2. The summed E-state index contributed by atoms with van der Waals surface area (Å²) < 4.78 is 5.81. The second-order valence-electron chi connectivity index (χ2n) is 6.85. The zero-order valence-corrected chi connectivity index (χ0v) is 14.0. The third-order valence-corrected chi connectivity index (χ3v) is 4.32.